The van der Waals surface area contributed by atoms with Gasteiger partial charge in [0.2, 0.25) is 6.08 Å². The van der Waals surface area contributed by atoms with E-state index >= 15 is 0 Å². The molecule has 1 aromatic carbocycles. The van der Waals surface area contributed by atoms with E-state index in [4.69, 9.17) is 9.47 Å². The Kier molecular flexibility index (Phi) is 2.77. The minimum absolute atomic E-state index is 0.0602. The first kappa shape index (κ1) is 11.5. The standard InChI is InChI=1S/C12H13NO4/c1-16-10-6-8(15)5-9(11(10)17-2)12(3-4-12)13-7-14/h5-6,15H,3-4H2,1-2H3. The molecule has 1 N–H and O–H groups in total. The molecule has 5 heteroatoms. The molecule has 0 aromatic heterocycles. The number of phenols is 1. The molecule has 0 atom stereocenters. The van der Waals surface area contributed by atoms with E-state index in [1.54, 1.807) is 12.1 Å². The van der Waals surface area contributed by atoms with Crippen molar-refractivity contribution in [2.24, 2.45) is 4.99 Å². The average Bonchev–Trinajstić information content (AvgIpc) is 3.09. The molecule has 2 rings (SSSR count). The fourth-order valence-electron chi connectivity index (χ4n) is 1.94. The number of carbonyl (C=O) groups excluding carboxylic acids is 1. The second-order valence-corrected chi connectivity index (χ2v) is 3.96. The smallest absolute Gasteiger partial charge is 0.235 e. The summed E-state index contributed by atoms with van der Waals surface area (Å²) in [6.45, 7) is 0. The Morgan fingerprint density at radius 3 is 2.53 bits per heavy atom. The van der Waals surface area contributed by atoms with Gasteiger partial charge in [-0.1, -0.05) is 0 Å². The molecule has 0 saturated heterocycles. The Hall–Kier alpha value is -2.00. The van der Waals surface area contributed by atoms with E-state index in [2.05, 4.69) is 4.99 Å². The minimum atomic E-state index is -0.598. The molecule has 90 valence electrons. The van der Waals surface area contributed by atoms with Crippen molar-refractivity contribution in [3.63, 3.8) is 0 Å². The fraction of sp³-hybridized carbons (Fsp3) is 0.417. The van der Waals surface area contributed by atoms with Crippen LogP contribution < -0.4 is 9.47 Å². The van der Waals surface area contributed by atoms with Crippen molar-refractivity contribution in [1.82, 2.24) is 0 Å². The van der Waals surface area contributed by atoms with Crippen LogP contribution in [-0.2, 0) is 10.3 Å². The van der Waals surface area contributed by atoms with Gasteiger partial charge in [-0.3, -0.25) is 0 Å². The molecule has 1 aromatic rings. The molecule has 5 nitrogen and oxygen atoms in total. The molecule has 0 amide bonds. The molecule has 17 heavy (non-hydrogen) atoms. The first-order valence-corrected chi connectivity index (χ1v) is 5.21. The molecule has 1 saturated carbocycles. The van der Waals surface area contributed by atoms with Crippen molar-refractivity contribution in [3.05, 3.63) is 17.7 Å². The van der Waals surface area contributed by atoms with Crippen LogP contribution in [-0.4, -0.2) is 25.4 Å². The normalized spacial score (nSPS) is 15.9. The van der Waals surface area contributed by atoms with Gasteiger partial charge in [-0.2, -0.15) is 4.99 Å². The van der Waals surface area contributed by atoms with E-state index in [0.29, 0.717) is 17.1 Å². The van der Waals surface area contributed by atoms with Gasteiger partial charge in [0.05, 0.1) is 14.2 Å². The van der Waals surface area contributed by atoms with Crippen LogP contribution >= 0.6 is 0 Å². The lowest BCUT2D eigenvalue weighted by Gasteiger charge is -2.16. The van der Waals surface area contributed by atoms with E-state index in [1.165, 1.54) is 20.3 Å². The number of hydrogen-bond donors (Lipinski definition) is 1. The third-order valence-corrected chi connectivity index (χ3v) is 2.95. The molecule has 0 bridgehead atoms. The van der Waals surface area contributed by atoms with Crippen molar-refractivity contribution in [1.29, 1.82) is 0 Å². The quantitative estimate of drug-likeness (QED) is 0.637. The van der Waals surface area contributed by atoms with Crippen LogP contribution in [0.3, 0.4) is 0 Å². The molecule has 0 spiro atoms. The minimum Gasteiger partial charge on any atom is -0.508 e. The van der Waals surface area contributed by atoms with Gasteiger partial charge in [0.25, 0.3) is 0 Å². The lowest BCUT2D eigenvalue weighted by Crippen LogP contribution is -2.06. The number of hydrogen-bond acceptors (Lipinski definition) is 5. The summed E-state index contributed by atoms with van der Waals surface area (Å²) in [5.74, 6) is 0.988. The first-order valence-electron chi connectivity index (χ1n) is 5.21. The fourth-order valence-corrected chi connectivity index (χ4v) is 1.94. The highest BCUT2D eigenvalue weighted by Crippen LogP contribution is 2.55. The predicted octanol–water partition coefficient (Wildman–Crippen LogP) is 1.73. The number of nitrogens with zero attached hydrogens (tertiary/aromatic N) is 1. The van der Waals surface area contributed by atoms with E-state index in [-0.39, 0.29) is 5.75 Å². The molecular weight excluding hydrogens is 222 g/mol. The SMILES string of the molecule is COc1cc(O)cc(C2(N=C=O)CC2)c1OC. The number of aromatic hydroxyl groups is 1. The van der Waals surface area contributed by atoms with Gasteiger partial charge in [-0.05, 0) is 18.9 Å². The maximum absolute atomic E-state index is 10.4. The highest BCUT2D eigenvalue weighted by Gasteiger charge is 2.47. The summed E-state index contributed by atoms with van der Waals surface area (Å²) in [6.07, 6.45) is 3.06. The van der Waals surface area contributed by atoms with Crippen LogP contribution in [0, 0.1) is 0 Å². The third kappa shape index (κ3) is 1.85. The highest BCUT2D eigenvalue weighted by molar-refractivity contribution is 5.57. The molecular formula is C12H13NO4. The summed E-state index contributed by atoms with van der Waals surface area (Å²) in [4.78, 5) is 14.3. The predicted molar refractivity (Wildman–Crippen MR) is 60.2 cm³/mol. The molecule has 0 radical (unpaired) electrons. The van der Waals surface area contributed by atoms with Crippen LogP contribution in [0.5, 0.6) is 17.2 Å². The Morgan fingerprint density at radius 2 is 2.06 bits per heavy atom. The van der Waals surface area contributed by atoms with Gasteiger partial charge in [0.1, 0.15) is 11.3 Å². The van der Waals surface area contributed by atoms with Crippen molar-refractivity contribution >= 4 is 6.08 Å². The van der Waals surface area contributed by atoms with E-state index in [1.807, 2.05) is 0 Å². The zero-order chi connectivity index (χ0) is 12.5. The third-order valence-electron chi connectivity index (χ3n) is 2.95. The summed E-state index contributed by atoms with van der Waals surface area (Å²) >= 11 is 0. The lowest BCUT2D eigenvalue weighted by molar-refractivity contribution is 0.345. The maximum atomic E-state index is 10.4. The van der Waals surface area contributed by atoms with Crippen LogP contribution in [0.2, 0.25) is 0 Å². The Balaban J connectivity index is 2.60. The summed E-state index contributed by atoms with van der Waals surface area (Å²) in [5, 5.41) is 9.63. The maximum Gasteiger partial charge on any atom is 0.235 e. The summed E-state index contributed by atoms with van der Waals surface area (Å²) in [5.41, 5.74) is 0.0688. The Bertz CT molecular complexity index is 488. The van der Waals surface area contributed by atoms with Crippen LogP contribution in [0.15, 0.2) is 17.1 Å². The topological polar surface area (TPSA) is 68.1 Å². The van der Waals surface area contributed by atoms with E-state index in [9.17, 15) is 9.90 Å². The molecule has 1 fully saturated rings. The number of aliphatic imine (C=N–C) groups is 1. The lowest BCUT2D eigenvalue weighted by atomic mass is 10.0. The highest BCUT2D eigenvalue weighted by atomic mass is 16.5. The van der Waals surface area contributed by atoms with Gasteiger partial charge in [-0.15, -0.1) is 0 Å². The number of methoxy groups -OCH3 is 2. The Labute approximate surface area is 98.7 Å². The van der Waals surface area contributed by atoms with E-state index < -0.39 is 5.54 Å². The van der Waals surface area contributed by atoms with Gasteiger partial charge in [0.15, 0.2) is 11.5 Å². The monoisotopic (exact) mass is 235 g/mol. The molecule has 0 heterocycles. The van der Waals surface area contributed by atoms with Crippen molar-refractivity contribution in [2.75, 3.05) is 14.2 Å². The number of phenolic OH excluding ortho intramolecular Hbond substituents is 1. The zero-order valence-electron chi connectivity index (χ0n) is 9.69. The second-order valence-electron chi connectivity index (χ2n) is 3.96. The van der Waals surface area contributed by atoms with Crippen molar-refractivity contribution < 1.29 is 19.4 Å². The summed E-state index contributed by atoms with van der Waals surface area (Å²) in [7, 11) is 3.00. The van der Waals surface area contributed by atoms with Crippen molar-refractivity contribution in [3.8, 4) is 17.2 Å². The summed E-state index contributed by atoms with van der Waals surface area (Å²) < 4.78 is 10.4. The van der Waals surface area contributed by atoms with Crippen LogP contribution in [0.25, 0.3) is 0 Å². The van der Waals surface area contributed by atoms with E-state index in [0.717, 1.165) is 12.8 Å². The number of benzene rings is 1. The van der Waals surface area contributed by atoms with Gasteiger partial charge in [0, 0.05) is 11.6 Å². The van der Waals surface area contributed by atoms with Gasteiger partial charge in [-0.25, -0.2) is 4.79 Å². The zero-order valence-corrected chi connectivity index (χ0v) is 9.69. The number of isocyanates is 1. The number of rotatable bonds is 4. The largest absolute Gasteiger partial charge is 0.508 e. The Morgan fingerprint density at radius 1 is 1.35 bits per heavy atom. The van der Waals surface area contributed by atoms with Crippen molar-refractivity contribution in [2.45, 2.75) is 18.4 Å². The van der Waals surface area contributed by atoms with Gasteiger partial charge < -0.3 is 14.6 Å². The van der Waals surface area contributed by atoms with Crippen LogP contribution in [0.1, 0.15) is 18.4 Å². The van der Waals surface area contributed by atoms with Crippen LogP contribution in [0.4, 0.5) is 0 Å². The average molecular weight is 235 g/mol. The molecule has 0 aliphatic heterocycles. The number of ether oxygens (including phenoxy) is 2. The second kappa shape index (κ2) is 4.11. The van der Waals surface area contributed by atoms with Gasteiger partial charge >= 0.3 is 0 Å². The summed E-state index contributed by atoms with van der Waals surface area (Å²) in [6, 6.07) is 3.01. The molecule has 0 unspecified atom stereocenters. The first-order chi connectivity index (χ1) is 8.16. The molecule has 1 aliphatic rings. The molecule has 1 aliphatic carbocycles.